The van der Waals surface area contributed by atoms with E-state index in [1.165, 1.54) is 12.1 Å². The quantitative estimate of drug-likeness (QED) is 0.294. The van der Waals surface area contributed by atoms with Gasteiger partial charge >= 0.3 is 0 Å². The summed E-state index contributed by atoms with van der Waals surface area (Å²) in [6.45, 7) is 1.24. The number of nitrogens with zero attached hydrogens (tertiary/aromatic N) is 3. The summed E-state index contributed by atoms with van der Waals surface area (Å²) in [6.07, 6.45) is 2.54. The molecule has 0 radical (unpaired) electrons. The predicted molar refractivity (Wildman–Crippen MR) is 123 cm³/mol. The van der Waals surface area contributed by atoms with Crippen LogP contribution >= 0.6 is 11.6 Å². The summed E-state index contributed by atoms with van der Waals surface area (Å²) in [5.41, 5.74) is 4.87. The lowest BCUT2D eigenvalue weighted by atomic mass is 9.97. The highest BCUT2D eigenvalue weighted by molar-refractivity contribution is 6.30. The van der Waals surface area contributed by atoms with Crippen LogP contribution in [0.3, 0.4) is 0 Å². The largest absolute Gasteiger partial charge is 0.496 e. The maximum atomic E-state index is 13.5. The van der Waals surface area contributed by atoms with E-state index >= 15 is 0 Å². The van der Waals surface area contributed by atoms with Gasteiger partial charge in [-0.2, -0.15) is 0 Å². The smallest absolute Gasteiger partial charge is 0.156 e. The Bertz CT molecular complexity index is 1200. The number of hydrogen-bond donors (Lipinski definition) is 2. The summed E-state index contributed by atoms with van der Waals surface area (Å²) in [5.74, 6) is 0.974. The molecule has 1 aliphatic rings. The van der Waals surface area contributed by atoms with Crippen molar-refractivity contribution in [2.24, 2.45) is 10.1 Å². The highest BCUT2D eigenvalue weighted by Gasteiger charge is 2.22. The molecule has 0 spiro atoms. The number of halogens is 2. The van der Waals surface area contributed by atoms with Crippen molar-refractivity contribution in [3.63, 3.8) is 0 Å². The fourth-order valence-electron chi connectivity index (χ4n) is 3.74. The van der Waals surface area contributed by atoms with Gasteiger partial charge in [0.2, 0.25) is 0 Å². The van der Waals surface area contributed by atoms with E-state index in [4.69, 9.17) is 16.3 Å². The Balaban J connectivity index is 1.45. The first kappa shape index (κ1) is 21.9. The van der Waals surface area contributed by atoms with E-state index in [1.54, 1.807) is 25.4 Å². The third-order valence-electron chi connectivity index (χ3n) is 5.30. The molecule has 3 aromatic rings. The van der Waals surface area contributed by atoms with Gasteiger partial charge in [0.1, 0.15) is 11.6 Å². The second-order valence-electron chi connectivity index (χ2n) is 7.40. The number of aliphatic imine (C=N–C) groups is 1. The first-order valence-corrected chi connectivity index (χ1v) is 10.5. The molecule has 0 saturated carbocycles. The topological polar surface area (TPSA) is 79.1 Å². The summed E-state index contributed by atoms with van der Waals surface area (Å²) in [4.78, 5) is 9.01. The number of nitrogens with one attached hydrogen (secondary N) is 1. The van der Waals surface area contributed by atoms with Crippen LogP contribution in [0.2, 0.25) is 5.02 Å². The molecule has 0 fully saturated rings. The van der Waals surface area contributed by atoms with Crippen molar-refractivity contribution >= 4 is 28.8 Å². The fourth-order valence-corrected chi connectivity index (χ4v) is 3.94. The lowest BCUT2D eigenvalue weighted by molar-refractivity contribution is 0.318. The van der Waals surface area contributed by atoms with E-state index < -0.39 is 5.82 Å². The first-order chi connectivity index (χ1) is 15.6. The number of methoxy groups -OCH3 is 1. The summed E-state index contributed by atoms with van der Waals surface area (Å²) in [7, 11) is 1.66. The molecule has 0 amide bonds. The average Bonchev–Trinajstić information content (AvgIpc) is 3.23. The van der Waals surface area contributed by atoms with Crippen molar-refractivity contribution in [2.45, 2.75) is 19.4 Å². The summed E-state index contributed by atoms with van der Waals surface area (Å²) >= 11 is 5.89. The number of fused-ring (bicyclic) bond motifs is 1. The van der Waals surface area contributed by atoms with Gasteiger partial charge in [0.15, 0.2) is 5.82 Å². The summed E-state index contributed by atoms with van der Waals surface area (Å²) in [5, 5.41) is 16.6. The molecule has 0 atom stereocenters. The van der Waals surface area contributed by atoms with E-state index in [0.29, 0.717) is 37.5 Å². The molecule has 8 heteroatoms. The Labute approximate surface area is 190 Å². The van der Waals surface area contributed by atoms with Crippen LogP contribution in [0.4, 0.5) is 10.2 Å². The Morgan fingerprint density at radius 3 is 2.84 bits per heavy atom. The first-order valence-electron chi connectivity index (χ1n) is 10.1. The van der Waals surface area contributed by atoms with Crippen molar-refractivity contribution in [1.29, 1.82) is 0 Å². The Kier molecular flexibility index (Phi) is 6.78. The normalized spacial score (nSPS) is 13.1. The Morgan fingerprint density at radius 2 is 2.06 bits per heavy atom. The minimum Gasteiger partial charge on any atom is -0.496 e. The number of ether oxygens (including phenoxy) is 1. The second kappa shape index (κ2) is 9.89. The molecule has 164 valence electrons. The molecular weight excluding hydrogens is 431 g/mol. The zero-order valence-corrected chi connectivity index (χ0v) is 18.2. The van der Waals surface area contributed by atoms with Crippen LogP contribution in [0, 0.1) is 5.82 Å². The summed E-state index contributed by atoms with van der Waals surface area (Å²) < 4.78 is 18.9. The van der Waals surface area contributed by atoms with E-state index in [2.05, 4.69) is 20.4 Å². The standard InChI is InChI=1S/C24H22ClFN4O2/c1-32-23-5-3-2-4-16(23)13-27-14-17-12-19-18(8-9-28-24(19)29-17)22(30-31)11-15-6-7-21(26)20(25)10-15/h2-10,27,31H,11-14H2,1H3/b30-22+. The van der Waals surface area contributed by atoms with Crippen molar-refractivity contribution in [1.82, 2.24) is 10.3 Å². The molecule has 1 aromatic heterocycles. The van der Waals surface area contributed by atoms with Gasteiger partial charge in [-0.1, -0.05) is 41.0 Å². The lowest BCUT2D eigenvalue weighted by Crippen LogP contribution is -2.23. The van der Waals surface area contributed by atoms with Crippen molar-refractivity contribution in [3.05, 3.63) is 87.8 Å². The van der Waals surface area contributed by atoms with Gasteiger partial charge in [-0.3, -0.25) is 0 Å². The predicted octanol–water partition coefficient (Wildman–Crippen LogP) is 4.72. The van der Waals surface area contributed by atoms with Crippen molar-refractivity contribution < 1.29 is 14.3 Å². The molecule has 2 N–H and O–H groups in total. The Morgan fingerprint density at radius 1 is 1.22 bits per heavy atom. The SMILES string of the molecule is COc1ccccc1CNCC1=Nc2nccc(/C(Cc3ccc(F)c(Cl)c3)=N/O)c2C1. The maximum Gasteiger partial charge on any atom is 0.156 e. The monoisotopic (exact) mass is 452 g/mol. The third-order valence-corrected chi connectivity index (χ3v) is 5.59. The molecular formula is C24H22ClFN4O2. The zero-order valence-electron chi connectivity index (χ0n) is 17.5. The molecule has 2 aromatic carbocycles. The molecule has 0 unspecified atom stereocenters. The highest BCUT2D eigenvalue weighted by Crippen LogP contribution is 2.29. The van der Waals surface area contributed by atoms with Crippen LogP contribution in [0.15, 0.2) is 64.9 Å². The van der Waals surface area contributed by atoms with E-state index in [0.717, 1.165) is 33.7 Å². The molecule has 1 aliphatic heterocycles. The number of oxime groups is 1. The van der Waals surface area contributed by atoms with E-state index in [1.807, 2.05) is 24.3 Å². The number of pyridine rings is 1. The maximum absolute atomic E-state index is 13.5. The number of para-hydroxylation sites is 1. The van der Waals surface area contributed by atoms with Gasteiger partial charge in [0.25, 0.3) is 0 Å². The second-order valence-corrected chi connectivity index (χ2v) is 7.81. The molecule has 2 heterocycles. The highest BCUT2D eigenvalue weighted by atomic mass is 35.5. The zero-order chi connectivity index (χ0) is 22.5. The molecule has 6 nitrogen and oxygen atoms in total. The number of hydrogen-bond acceptors (Lipinski definition) is 6. The molecule has 0 bridgehead atoms. The van der Waals surface area contributed by atoms with Gasteiger partial charge < -0.3 is 15.3 Å². The van der Waals surface area contributed by atoms with Crippen LogP contribution in [0.5, 0.6) is 5.75 Å². The van der Waals surface area contributed by atoms with Gasteiger partial charge in [0, 0.05) is 54.5 Å². The van der Waals surface area contributed by atoms with Crippen LogP contribution in [0.1, 0.15) is 22.3 Å². The average molecular weight is 453 g/mol. The summed E-state index contributed by atoms with van der Waals surface area (Å²) in [6, 6.07) is 14.1. The lowest BCUT2D eigenvalue weighted by Gasteiger charge is -2.10. The van der Waals surface area contributed by atoms with Gasteiger partial charge in [-0.15, -0.1) is 0 Å². The number of rotatable bonds is 8. The molecule has 4 rings (SSSR count). The minimum atomic E-state index is -0.485. The van der Waals surface area contributed by atoms with Crippen LogP contribution in [-0.4, -0.2) is 35.3 Å². The third kappa shape index (κ3) is 4.79. The fraction of sp³-hybridized carbons (Fsp3) is 0.208. The van der Waals surface area contributed by atoms with Crippen LogP contribution in [-0.2, 0) is 19.4 Å². The molecule has 0 saturated heterocycles. The number of benzene rings is 2. The van der Waals surface area contributed by atoms with Crippen LogP contribution in [0.25, 0.3) is 0 Å². The van der Waals surface area contributed by atoms with Crippen molar-refractivity contribution in [2.75, 3.05) is 13.7 Å². The Hall–Kier alpha value is -3.29. The minimum absolute atomic E-state index is 0.0338. The van der Waals surface area contributed by atoms with Gasteiger partial charge in [-0.05, 0) is 29.8 Å². The van der Waals surface area contributed by atoms with E-state index in [-0.39, 0.29) is 5.02 Å². The van der Waals surface area contributed by atoms with Crippen LogP contribution < -0.4 is 10.1 Å². The van der Waals surface area contributed by atoms with E-state index in [9.17, 15) is 9.60 Å². The number of aromatic nitrogens is 1. The van der Waals surface area contributed by atoms with Gasteiger partial charge in [0.05, 0.1) is 17.8 Å². The molecule has 0 aliphatic carbocycles. The molecule has 32 heavy (non-hydrogen) atoms. The van der Waals surface area contributed by atoms with Crippen molar-refractivity contribution in [3.8, 4) is 5.75 Å². The van der Waals surface area contributed by atoms with Gasteiger partial charge in [-0.25, -0.2) is 14.4 Å².